The summed E-state index contributed by atoms with van der Waals surface area (Å²) in [6.07, 6.45) is 0.696. The number of imidazole rings is 1. The maximum Gasteiger partial charge on any atom is 0.220 e. The van der Waals surface area contributed by atoms with Gasteiger partial charge < -0.3 is 14.7 Å². The predicted molar refractivity (Wildman–Crippen MR) is 124 cm³/mol. The van der Waals surface area contributed by atoms with Gasteiger partial charge in [-0.2, -0.15) is 0 Å². The Hall–Kier alpha value is -4.19. The van der Waals surface area contributed by atoms with Crippen LogP contribution in [0.2, 0.25) is 0 Å². The number of amides is 1. The lowest BCUT2D eigenvalue weighted by atomic mass is 10.1. The molecule has 6 heteroatoms. The van der Waals surface area contributed by atoms with Crippen molar-refractivity contribution >= 4 is 16.9 Å². The lowest BCUT2D eigenvalue weighted by Gasteiger charge is -2.01. The minimum Gasteiger partial charge on any atom is -0.440 e. The second-order valence-electron chi connectivity index (χ2n) is 7.49. The summed E-state index contributed by atoms with van der Waals surface area (Å²) in [5.41, 5.74) is 4.57. The Kier molecular flexibility index (Phi) is 5.49. The fourth-order valence-corrected chi connectivity index (χ4v) is 3.63. The van der Waals surface area contributed by atoms with Crippen molar-refractivity contribution in [3.05, 3.63) is 96.6 Å². The Morgan fingerprint density at radius 3 is 2.28 bits per heavy atom. The number of hydrogen-bond donors (Lipinski definition) is 2. The van der Waals surface area contributed by atoms with E-state index in [1.165, 1.54) is 0 Å². The van der Waals surface area contributed by atoms with E-state index in [-0.39, 0.29) is 12.3 Å². The summed E-state index contributed by atoms with van der Waals surface area (Å²) in [5, 5.41) is 2.91. The third-order valence-electron chi connectivity index (χ3n) is 5.21. The van der Waals surface area contributed by atoms with Crippen molar-refractivity contribution in [2.75, 3.05) is 0 Å². The van der Waals surface area contributed by atoms with E-state index >= 15 is 0 Å². The number of fused-ring (bicyclic) bond motifs is 1. The molecule has 0 aliphatic carbocycles. The number of aromatic nitrogens is 3. The van der Waals surface area contributed by atoms with Crippen molar-refractivity contribution in [2.45, 2.75) is 19.4 Å². The minimum atomic E-state index is -0.0776. The number of aryl methyl sites for hydroxylation is 1. The molecular formula is C26H22N4O2. The van der Waals surface area contributed by atoms with Gasteiger partial charge in [0.15, 0.2) is 11.7 Å². The molecule has 5 rings (SSSR count). The molecule has 0 aliphatic heterocycles. The third-order valence-corrected chi connectivity index (χ3v) is 5.21. The van der Waals surface area contributed by atoms with Crippen LogP contribution < -0.4 is 5.32 Å². The first-order chi connectivity index (χ1) is 15.8. The van der Waals surface area contributed by atoms with Gasteiger partial charge in [-0.3, -0.25) is 4.79 Å². The number of H-pyrrole nitrogens is 1. The summed E-state index contributed by atoms with van der Waals surface area (Å²) in [6.45, 7) is 0.351. The minimum absolute atomic E-state index is 0.0776. The molecule has 0 bridgehead atoms. The SMILES string of the molecule is O=C(CCc1nc(-c2ccccc2)c(-c2ccccc2)o1)NCc1nc2ccccc2[nH]1. The van der Waals surface area contributed by atoms with Gasteiger partial charge in [0.25, 0.3) is 0 Å². The molecular weight excluding hydrogens is 400 g/mol. The number of carbonyl (C=O) groups is 1. The summed E-state index contributed by atoms with van der Waals surface area (Å²) < 4.78 is 6.10. The Labute approximate surface area is 185 Å². The number of nitrogens with zero attached hydrogens (tertiary/aromatic N) is 2. The van der Waals surface area contributed by atoms with Gasteiger partial charge in [0.2, 0.25) is 5.91 Å². The van der Waals surface area contributed by atoms with Crippen LogP contribution in [0.15, 0.2) is 89.3 Å². The highest BCUT2D eigenvalue weighted by Gasteiger charge is 2.17. The highest BCUT2D eigenvalue weighted by atomic mass is 16.4. The number of oxazole rings is 1. The second-order valence-corrected chi connectivity index (χ2v) is 7.49. The third kappa shape index (κ3) is 4.30. The van der Waals surface area contributed by atoms with E-state index in [1.807, 2.05) is 84.9 Å². The van der Waals surface area contributed by atoms with Gasteiger partial charge >= 0.3 is 0 Å². The summed E-state index contributed by atoms with van der Waals surface area (Å²) >= 11 is 0. The molecule has 158 valence electrons. The van der Waals surface area contributed by atoms with E-state index in [0.29, 0.717) is 18.9 Å². The maximum atomic E-state index is 12.4. The summed E-state index contributed by atoms with van der Waals surface area (Å²) in [6, 6.07) is 27.6. The van der Waals surface area contributed by atoms with Crippen LogP contribution >= 0.6 is 0 Å². The van der Waals surface area contributed by atoms with Crippen LogP contribution in [0.3, 0.4) is 0 Å². The average Bonchev–Trinajstić information content (AvgIpc) is 3.47. The predicted octanol–water partition coefficient (Wildman–Crippen LogP) is 5.13. The van der Waals surface area contributed by atoms with Gasteiger partial charge in [-0.05, 0) is 12.1 Å². The quantitative estimate of drug-likeness (QED) is 0.381. The monoisotopic (exact) mass is 422 g/mol. The zero-order valence-electron chi connectivity index (χ0n) is 17.4. The number of nitrogens with one attached hydrogen (secondary N) is 2. The Bertz CT molecular complexity index is 1250. The molecule has 5 aromatic rings. The van der Waals surface area contributed by atoms with Crippen molar-refractivity contribution in [1.82, 2.24) is 20.3 Å². The zero-order chi connectivity index (χ0) is 21.8. The molecule has 32 heavy (non-hydrogen) atoms. The smallest absolute Gasteiger partial charge is 0.220 e. The van der Waals surface area contributed by atoms with Crippen LogP contribution in [0.25, 0.3) is 33.6 Å². The molecule has 0 radical (unpaired) electrons. The second kappa shape index (κ2) is 8.89. The summed E-state index contributed by atoms with van der Waals surface area (Å²) in [5.74, 6) is 1.91. The number of aromatic amines is 1. The highest BCUT2D eigenvalue weighted by molar-refractivity contribution is 5.78. The zero-order valence-corrected chi connectivity index (χ0v) is 17.4. The lowest BCUT2D eigenvalue weighted by molar-refractivity contribution is -0.121. The Morgan fingerprint density at radius 1 is 0.844 bits per heavy atom. The van der Waals surface area contributed by atoms with Crippen molar-refractivity contribution < 1.29 is 9.21 Å². The Balaban J connectivity index is 1.27. The van der Waals surface area contributed by atoms with Crippen molar-refractivity contribution in [3.63, 3.8) is 0 Å². The van der Waals surface area contributed by atoms with Gasteiger partial charge in [0.1, 0.15) is 11.5 Å². The molecule has 2 N–H and O–H groups in total. The maximum absolute atomic E-state index is 12.4. The van der Waals surface area contributed by atoms with Gasteiger partial charge in [-0.1, -0.05) is 72.8 Å². The van der Waals surface area contributed by atoms with Crippen molar-refractivity contribution in [3.8, 4) is 22.6 Å². The van der Waals surface area contributed by atoms with Gasteiger partial charge in [-0.25, -0.2) is 9.97 Å². The van der Waals surface area contributed by atoms with Gasteiger partial charge in [0.05, 0.1) is 17.6 Å². The summed E-state index contributed by atoms with van der Waals surface area (Å²) in [7, 11) is 0. The van der Waals surface area contributed by atoms with E-state index < -0.39 is 0 Å². The van der Waals surface area contributed by atoms with Crippen LogP contribution in [-0.2, 0) is 17.8 Å². The molecule has 2 aromatic heterocycles. The fraction of sp³-hybridized carbons (Fsp3) is 0.115. The number of para-hydroxylation sites is 2. The van der Waals surface area contributed by atoms with Crippen LogP contribution in [0.1, 0.15) is 18.1 Å². The number of benzene rings is 3. The fourth-order valence-electron chi connectivity index (χ4n) is 3.63. The highest BCUT2D eigenvalue weighted by Crippen LogP contribution is 2.32. The molecule has 0 saturated heterocycles. The van der Waals surface area contributed by atoms with Crippen LogP contribution in [0.4, 0.5) is 0 Å². The molecule has 2 heterocycles. The Morgan fingerprint density at radius 2 is 1.53 bits per heavy atom. The van der Waals surface area contributed by atoms with Gasteiger partial charge in [0, 0.05) is 24.0 Å². The first-order valence-corrected chi connectivity index (χ1v) is 10.6. The molecule has 0 atom stereocenters. The first-order valence-electron chi connectivity index (χ1n) is 10.6. The van der Waals surface area contributed by atoms with E-state index in [1.54, 1.807) is 0 Å². The van der Waals surface area contributed by atoms with E-state index in [2.05, 4.69) is 15.3 Å². The summed E-state index contributed by atoms with van der Waals surface area (Å²) in [4.78, 5) is 24.8. The lowest BCUT2D eigenvalue weighted by Crippen LogP contribution is -2.23. The normalized spacial score (nSPS) is 11.0. The van der Waals surface area contributed by atoms with Gasteiger partial charge in [-0.15, -0.1) is 0 Å². The molecule has 0 fully saturated rings. The van der Waals surface area contributed by atoms with Crippen molar-refractivity contribution in [2.24, 2.45) is 0 Å². The number of rotatable bonds is 7. The van der Waals surface area contributed by atoms with Crippen LogP contribution in [0.5, 0.6) is 0 Å². The molecule has 3 aromatic carbocycles. The van der Waals surface area contributed by atoms with E-state index in [9.17, 15) is 4.79 Å². The number of carbonyl (C=O) groups excluding carboxylic acids is 1. The van der Waals surface area contributed by atoms with E-state index in [0.717, 1.165) is 39.4 Å². The first kappa shape index (κ1) is 19.8. The molecule has 0 unspecified atom stereocenters. The molecule has 6 nitrogen and oxygen atoms in total. The molecule has 0 aliphatic rings. The van der Waals surface area contributed by atoms with E-state index in [4.69, 9.17) is 9.40 Å². The van der Waals surface area contributed by atoms with Crippen LogP contribution in [-0.4, -0.2) is 20.9 Å². The van der Waals surface area contributed by atoms with Crippen molar-refractivity contribution in [1.29, 1.82) is 0 Å². The topological polar surface area (TPSA) is 83.8 Å². The standard InChI is InChI=1S/C26H22N4O2/c31-23(27-17-22-28-20-13-7-8-14-21(20)29-22)15-16-24-30-25(18-9-3-1-4-10-18)26(32-24)19-11-5-2-6-12-19/h1-14H,15-17H2,(H,27,31)(H,28,29). The largest absolute Gasteiger partial charge is 0.440 e. The average molecular weight is 422 g/mol. The van der Waals surface area contributed by atoms with Crippen LogP contribution in [0, 0.1) is 0 Å². The molecule has 1 amide bonds. The molecule has 0 saturated carbocycles. The number of hydrogen-bond acceptors (Lipinski definition) is 4. The molecule has 0 spiro atoms.